The van der Waals surface area contributed by atoms with Crippen molar-refractivity contribution in [3.05, 3.63) is 82.9 Å². The molecular formula is C18H16N2O6S. The average Bonchev–Trinajstić information content (AvgIpc) is 2.97. The number of Topliss-reactive ketones (excluding diaryl/α,β-unsaturated/α-hetero) is 1. The van der Waals surface area contributed by atoms with Gasteiger partial charge in [0.1, 0.15) is 5.70 Å². The smallest absolute Gasteiger partial charge is 0.313 e. The molecule has 2 aromatic carbocycles. The Labute approximate surface area is 162 Å². The third-order valence-corrected chi connectivity index (χ3v) is 4.32. The van der Waals surface area contributed by atoms with Crippen molar-refractivity contribution in [1.82, 2.24) is 0 Å². The van der Waals surface area contributed by atoms with Crippen molar-refractivity contribution in [2.24, 2.45) is 11.5 Å². The van der Waals surface area contributed by atoms with E-state index in [9.17, 15) is 18.0 Å². The van der Waals surface area contributed by atoms with E-state index in [-0.39, 0.29) is 22.4 Å². The lowest BCUT2D eigenvalue weighted by Gasteiger charge is -2.10. The molecule has 0 bridgehead atoms. The van der Waals surface area contributed by atoms with Crippen LogP contribution in [0.3, 0.4) is 0 Å². The predicted octanol–water partition coefficient (Wildman–Crippen LogP) is 1.10. The number of amides is 1. The van der Waals surface area contributed by atoms with E-state index in [0.717, 1.165) is 24.3 Å². The molecule has 2 aromatic rings. The fourth-order valence-corrected chi connectivity index (χ4v) is 3.08. The standard InChI is InChI=1S/C18H16N2O6S/c19-17(22)13-8-6-12(7-9-13)15-14(21)16(18(20)25-15)26-27(23,24)10-11-4-2-1-3-5-11/h1-9,15H,10,20H2,(H2,19,22)/t15-/m0/s1/i10D2,15D/hD2. The Morgan fingerprint density at radius 1 is 1.22 bits per heavy atom. The van der Waals surface area contributed by atoms with Gasteiger partial charge in [-0.15, -0.1) is 0 Å². The summed E-state index contributed by atoms with van der Waals surface area (Å²) in [6, 6.07) is 11.4. The van der Waals surface area contributed by atoms with Gasteiger partial charge in [-0.1, -0.05) is 42.5 Å². The fourth-order valence-electron chi connectivity index (χ4n) is 2.23. The second kappa shape index (κ2) is 7.12. The Kier molecular flexibility index (Phi) is 3.41. The van der Waals surface area contributed by atoms with Crippen LogP contribution in [0.25, 0.3) is 0 Å². The van der Waals surface area contributed by atoms with Gasteiger partial charge in [0, 0.05) is 11.1 Å². The van der Waals surface area contributed by atoms with Crippen molar-refractivity contribution in [2.75, 3.05) is 0 Å². The molecule has 1 atom stereocenters. The molecule has 1 heterocycles. The summed E-state index contributed by atoms with van der Waals surface area (Å²) in [6.45, 7) is 0. The van der Waals surface area contributed by atoms with Crippen LogP contribution in [0.2, 0.25) is 2.82 Å². The maximum atomic E-state index is 12.8. The second-order valence-corrected chi connectivity index (χ2v) is 6.62. The molecule has 9 heteroatoms. The van der Waals surface area contributed by atoms with E-state index < -0.39 is 45.2 Å². The lowest BCUT2D eigenvalue weighted by molar-refractivity contribution is -0.123. The summed E-state index contributed by atoms with van der Waals surface area (Å²) in [5.41, 5.74) is 1.91. The molecule has 3 rings (SSSR count). The zero-order valence-electron chi connectivity index (χ0n) is 18.6. The summed E-state index contributed by atoms with van der Waals surface area (Å²) in [6.07, 6.45) is -2.56. The van der Waals surface area contributed by atoms with Crippen LogP contribution in [0, 0.1) is 0 Å². The molecule has 4 N–H and O–H groups in total. The van der Waals surface area contributed by atoms with E-state index in [0.29, 0.717) is 0 Å². The van der Waals surface area contributed by atoms with Crippen LogP contribution >= 0.6 is 0 Å². The summed E-state index contributed by atoms with van der Waals surface area (Å²) < 4.78 is 73.1. The molecule has 1 aliphatic rings. The monoisotopic (exact) mass is 393 g/mol. The fraction of sp³-hybridized carbons (Fsp3) is 0.111. The summed E-state index contributed by atoms with van der Waals surface area (Å²) in [7, 11) is -5.10. The number of carbonyl (C=O) groups is 2. The van der Waals surface area contributed by atoms with E-state index in [1.54, 1.807) is 6.07 Å². The van der Waals surface area contributed by atoms with Gasteiger partial charge in [0.25, 0.3) is 0 Å². The Hall–Kier alpha value is -3.33. The Balaban J connectivity index is 1.89. The zero-order chi connectivity index (χ0) is 23.9. The van der Waals surface area contributed by atoms with Crippen molar-refractivity contribution in [3.63, 3.8) is 0 Å². The lowest BCUT2D eigenvalue weighted by Crippen LogP contribution is -2.16. The topological polar surface area (TPSA) is 139 Å². The molecular weight excluding hydrogens is 372 g/mol. The van der Waals surface area contributed by atoms with E-state index in [1.165, 1.54) is 24.3 Å². The van der Waals surface area contributed by atoms with Crippen molar-refractivity contribution in [2.45, 2.75) is 11.8 Å². The number of primary amides is 1. The first kappa shape index (κ1) is 12.9. The number of nitrogens with two attached hydrogens (primary N) is 2. The molecule has 1 aliphatic heterocycles. The predicted molar refractivity (Wildman–Crippen MR) is 95.2 cm³/mol. The van der Waals surface area contributed by atoms with E-state index in [1.807, 2.05) is 0 Å². The van der Waals surface area contributed by atoms with E-state index in [4.69, 9.17) is 21.6 Å². The number of ether oxygens (including phenoxy) is 1. The zero-order valence-corrected chi connectivity index (χ0v) is 14.4. The number of ketones is 1. The van der Waals surface area contributed by atoms with Gasteiger partial charge in [-0.05, 0) is 17.7 Å². The van der Waals surface area contributed by atoms with E-state index >= 15 is 0 Å². The maximum absolute atomic E-state index is 12.8. The van der Waals surface area contributed by atoms with Gasteiger partial charge >= 0.3 is 10.1 Å². The van der Waals surface area contributed by atoms with Crippen LogP contribution < -0.4 is 11.5 Å². The van der Waals surface area contributed by atoms with Crippen molar-refractivity contribution in [3.8, 4) is 0 Å². The molecule has 0 unspecified atom stereocenters. The summed E-state index contributed by atoms with van der Waals surface area (Å²) in [5, 5.41) is 0. The molecule has 0 aromatic heterocycles. The summed E-state index contributed by atoms with van der Waals surface area (Å²) in [4.78, 5) is 24.5. The molecule has 0 fully saturated rings. The van der Waals surface area contributed by atoms with Crippen LogP contribution in [-0.2, 0) is 29.5 Å². The first-order valence-electron chi connectivity index (χ1n) is 9.86. The highest BCUT2D eigenvalue weighted by Crippen LogP contribution is 2.32. The number of benzene rings is 2. The van der Waals surface area contributed by atoms with Crippen LogP contribution in [-0.4, -0.2) is 20.1 Å². The number of carbonyl (C=O) groups excluding carboxylic acids is 2. The van der Waals surface area contributed by atoms with Gasteiger partial charge in [0.05, 0.1) is 4.11 Å². The second-order valence-electron chi connectivity index (χ2n) is 5.34. The highest BCUT2D eigenvalue weighted by Gasteiger charge is 2.39. The summed E-state index contributed by atoms with van der Waals surface area (Å²) in [5.74, 6) is -4.15. The van der Waals surface area contributed by atoms with Crippen LogP contribution in [0.15, 0.2) is 66.2 Å². The molecule has 0 spiro atoms. The minimum absolute atomic E-state index is 0.0798. The highest BCUT2D eigenvalue weighted by atomic mass is 32.2. The Morgan fingerprint density at radius 2 is 1.89 bits per heavy atom. The molecule has 0 saturated heterocycles. The Bertz CT molecular complexity index is 1200. The SMILES string of the molecule is [2H]N([2H])C(=O)c1ccc([C@]2([2H])OC(N)=C(OS(=O)(=O)C([2H])([2H])c3ccccc3)C2=O)cc1. The van der Waals surface area contributed by atoms with Crippen LogP contribution in [0.4, 0.5) is 0 Å². The van der Waals surface area contributed by atoms with Gasteiger partial charge in [-0.2, -0.15) is 8.42 Å². The van der Waals surface area contributed by atoms with Gasteiger partial charge in [0.15, 0.2) is 8.90 Å². The minimum atomic E-state index is -5.10. The van der Waals surface area contributed by atoms with E-state index in [2.05, 4.69) is 0 Å². The minimum Gasteiger partial charge on any atom is -0.460 e. The third-order valence-electron chi connectivity index (χ3n) is 3.45. The van der Waals surface area contributed by atoms with Crippen LogP contribution in [0.5, 0.6) is 0 Å². The van der Waals surface area contributed by atoms with Gasteiger partial charge in [0.2, 0.25) is 23.3 Å². The molecule has 27 heavy (non-hydrogen) atoms. The normalized spacial score (nSPS) is 22.7. The quantitative estimate of drug-likeness (QED) is 0.701. The molecule has 0 radical (unpaired) electrons. The number of hydrogen-bond donors (Lipinski definition) is 2. The molecule has 0 aliphatic carbocycles. The average molecular weight is 393 g/mol. The number of rotatable bonds is 6. The lowest BCUT2D eigenvalue weighted by atomic mass is 10.0. The molecule has 140 valence electrons. The van der Waals surface area contributed by atoms with Crippen molar-refractivity contribution in [1.29, 1.82) is 0 Å². The molecule has 0 saturated carbocycles. The van der Waals surface area contributed by atoms with Gasteiger partial charge < -0.3 is 20.4 Å². The molecule has 8 nitrogen and oxygen atoms in total. The largest absolute Gasteiger partial charge is 0.460 e. The van der Waals surface area contributed by atoms with Gasteiger partial charge in [-0.25, -0.2) is 0 Å². The van der Waals surface area contributed by atoms with Crippen molar-refractivity contribution >= 4 is 21.8 Å². The summed E-state index contributed by atoms with van der Waals surface area (Å²) >= 11 is 0. The van der Waals surface area contributed by atoms with Gasteiger partial charge in [-0.3, -0.25) is 9.59 Å². The first-order valence-corrected chi connectivity index (χ1v) is 8.88. The third kappa shape index (κ3) is 4.09. The Morgan fingerprint density at radius 3 is 2.52 bits per heavy atom. The number of hydrogen-bond acceptors (Lipinski definition) is 7. The van der Waals surface area contributed by atoms with Crippen LogP contribution in [0.1, 0.15) is 31.7 Å². The molecule has 1 amide bonds. The first-order chi connectivity index (χ1) is 14.8. The van der Waals surface area contributed by atoms with Crippen molar-refractivity contribution < 1.29 is 33.9 Å². The highest BCUT2D eigenvalue weighted by molar-refractivity contribution is 7.86. The maximum Gasteiger partial charge on any atom is 0.313 e.